The lowest BCUT2D eigenvalue weighted by Crippen LogP contribution is -2.26. The maximum absolute atomic E-state index is 12.1. The maximum Gasteiger partial charge on any atom is 0.219 e. The predicted molar refractivity (Wildman–Crippen MR) is 147 cm³/mol. The lowest BCUT2D eigenvalue weighted by atomic mass is 10.1. The van der Waals surface area contributed by atoms with Crippen molar-refractivity contribution in [2.24, 2.45) is 0 Å². The van der Waals surface area contributed by atoms with Gasteiger partial charge in [-0.1, -0.05) is 103 Å². The Hall–Kier alpha value is -0.420. The van der Waals surface area contributed by atoms with Crippen LogP contribution in [-0.4, -0.2) is 53.7 Å². The van der Waals surface area contributed by atoms with E-state index in [1.807, 2.05) is 0 Å². The monoisotopic (exact) mass is 486 g/mol. The third-order valence-electron chi connectivity index (χ3n) is 6.36. The van der Waals surface area contributed by atoms with E-state index in [0.29, 0.717) is 6.42 Å². The maximum atomic E-state index is 12.1. The van der Waals surface area contributed by atoms with Gasteiger partial charge in [0, 0.05) is 35.3 Å². The first kappa shape index (κ1) is 32.6. The molecule has 198 valence electrons. The standard InChI is InChI=1S/C28H58N2O2S/c1-4-5-6-7-8-9-11-14-17-20-26-33(32)27-21-18-15-12-10-13-16-19-23-28(31)29-24-22-25-30(2)3/h4-27H2,1-3H3,(H,29,31). The third kappa shape index (κ3) is 27.7. The smallest absolute Gasteiger partial charge is 0.219 e. The fourth-order valence-electron chi connectivity index (χ4n) is 4.17. The number of carbonyl (C=O) groups excluding carboxylic acids is 1. The Morgan fingerprint density at radius 1 is 0.636 bits per heavy atom. The van der Waals surface area contributed by atoms with Gasteiger partial charge in [0.15, 0.2) is 0 Å². The Labute approximate surface area is 209 Å². The van der Waals surface area contributed by atoms with Crippen molar-refractivity contribution < 1.29 is 9.00 Å². The van der Waals surface area contributed by atoms with Crippen molar-refractivity contribution in [3.8, 4) is 0 Å². The Balaban J connectivity index is 3.24. The highest BCUT2D eigenvalue weighted by Gasteiger charge is 2.02. The molecule has 0 radical (unpaired) electrons. The van der Waals surface area contributed by atoms with E-state index in [9.17, 15) is 9.00 Å². The molecule has 1 N–H and O–H groups in total. The zero-order chi connectivity index (χ0) is 24.4. The Bertz CT molecular complexity index is 444. The first-order valence-electron chi connectivity index (χ1n) is 14.3. The fraction of sp³-hybridized carbons (Fsp3) is 0.964. The van der Waals surface area contributed by atoms with Gasteiger partial charge in [-0.15, -0.1) is 0 Å². The number of rotatable bonds is 26. The van der Waals surface area contributed by atoms with Gasteiger partial charge in [-0.2, -0.15) is 0 Å². The molecular formula is C28H58N2O2S. The van der Waals surface area contributed by atoms with E-state index in [4.69, 9.17) is 0 Å². The molecule has 0 aliphatic rings. The van der Waals surface area contributed by atoms with E-state index in [-0.39, 0.29) is 5.91 Å². The Morgan fingerprint density at radius 3 is 1.52 bits per heavy atom. The highest BCUT2D eigenvalue weighted by Crippen LogP contribution is 2.12. The lowest BCUT2D eigenvalue weighted by molar-refractivity contribution is -0.121. The van der Waals surface area contributed by atoms with Gasteiger partial charge < -0.3 is 10.2 Å². The van der Waals surface area contributed by atoms with Crippen LogP contribution in [-0.2, 0) is 15.6 Å². The molecule has 0 saturated heterocycles. The first-order valence-corrected chi connectivity index (χ1v) is 15.8. The van der Waals surface area contributed by atoms with Gasteiger partial charge in [0.2, 0.25) is 5.91 Å². The molecule has 0 spiro atoms. The molecule has 1 atom stereocenters. The van der Waals surface area contributed by atoms with Crippen molar-refractivity contribution in [1.82, 2.24) is 10.2 Å². The topological polar surface area (TPSA) is 49.4 Å². The molecule has 0 aliphatic heterocycles. The molecule has 5 heteroatoms. The zero-order valence-corrected chi connectivity index (χ0v) is 23.5. The summed E-state index contributed by atoms with van der Waals surface area (Å²) in [5.41, 5.74) is 0. The summed E-state index contributed by atoms with van der Waals surface area (Å²) in [6.45, 7) is 4.09. The summed E-state index contributed by atoms with van der Waals surface area (Å²) >= 11 is 0. The van der Waals surface area contributed by atoms with E-state index in [1.54, 1.807) is 0 Å². The lowest BCUT2D eigenvalue weighted by Gasteiger charge is -2.09. The Morgan fingerprint density at radius 2 is 1.06 bits per heavy atom. The van der Waals surface area contributed by atoms with Crippen LogP contribution in [0.15, 0.2) is 0 Å². The summed E-state index contributed by atoms with van der Waals surface area (Å²) in [5, 5.41) is 3.01. The predicted octanol–water partition coefficient (Wildman–Crippen LogP) is 7.23. The fourth-order valence-corrected chi connectivity index (χ4v) is 5.43. The minimum Gasteiger partial charge on any atom is -0.356 e. The van der Waals surface area contributed by atoms with Crippen molar-refractivity contribution in [2.75, 3.05) is 38.7 Å². The van der Waals surface area contributed by atoms with E-state index in [2.05, 4.69) is 31.2 Å². The van der Waals surface area contributed by atoms with Crippen molar-refractivity contribution >= 4 is 16.7 Å². The number of hydrogen-bond donors (Lipinski definition) is 1. The van der Waals surface area contributed by atoms with Gasteiger partial charge in [-0.3, -0.25) is 9.00 Å². The van der Waals surface area contributed by atoms with Gasteiger partial charge in [-0.05, 0) is 46.3 Å². The third-order valence-corrected chi connectivity index (χ3v) is 7.84. The largest absolute Gasteiger partial charge is 0.356 e. The minimum atomic E-state index is -0.595. The summed E-state index contributed by atoms with van der Waals surface area (Å²) in [6.07, 6.45) is 24.7. The molecule has 0 aliphatic carbocycles. The van der Waals surface area contributed by atoms with Crippen molar-refractivity contribution in [2.45, 2.75) is 135 Å². The second kappa shape index (κ2) is 26.2. The van der Waals surface area contributed by atoms with Gasteiger partial charge in [0.1, 0.15) is 0 Å². The van der Waals surface area contributed by atoms with Crippen LogP contribution in [0.5, 0.6) is 0 Å². The van der Waals surface area contributed by atoms with Crippen LogP contribution in [0.3, 0.4) is 0 Å². The SMILES string of the molecule is CCCCCCCCCCCCS(=O)CCCCCCCCCCC(=O)NCCCN(C)C. The van der Waals surface area contributed by atoms with Gasteiger partial charge in [-0.25, -0.2) is 0 Å². The first-order chi connectivity index (χ1) is 16.1. The van der Waals surface area contributed by atoms with Crippen LogP contribution in [0.4, 0.5) is 0 Å². The number of carbonyl (C=O) groups is 1. The van der Waals surface area contributed by atoms with Crippen LogP contribution in [0.2, 0.25) is 0 Å². The molecule has 33 heavy (non-hydrogen) atoms. The van der Waals surface area contributed by atoms with E-state index < -0.39 is 10.8 Å². The minimum absolute atomic E-state index is 0.208. The van der Waals surface area contributed by atoms with Crippen LogP contribution >= 0.6 is 0 Å². The summed E-state index contributed by atoms with van der Waals surface area (Å²) in [5.74, 6) is 2.03. The molecule has 0 aromatic rings. The van der Waals surface area contributed by atoms with Gasteiger partial charge >= 0.3 is 0 Å². The van der Waals surface area contributed by atoms with Crippen molar-refractivity contribution in [3.63, 3.8) is 0 Å². The van der Waals surface area contributed by atoms with Crippen LogP contribution < -0.4 is 5.32 Å². The highest BCUT2D eigenvalue weighted by atomic mass is 32.2. The molecule has 0 heterocycles. The van der Waals surface area contributed by atoms with Crippen LogP contribution in [0, 0.1) is 0 Å². The summed E-state index contributed by atoms with van der Waals surface area (Å²) in [7, 11) is 3.52. The summed E-state index contributed by atoms with van der Waals surface area (Å²) in [6, 6.07) is 0. The second-order valence-corrected chi connectivity index (χ2v) is 11.8. The van der Waals surface area contributed by atoms with Crippen molar-refractivity contribution in [1.29, 1.82) is 0 Å². The summed E-state index contributed by atoms with van der Waals surface area (Å²) in [4.78, 5) is 13.9. The number of amides is 1. The number of hydrogen-bond acceptors (Lipinski definition) is 3. The quantitative estimate of drug-likeness (QED) is 0.131. The van der Waals surface area contributed by atoms with Crippen molar-refractivity contribution in [3.05, 3.63) is 0 Å². The zero-order valence-electron chi connectivity index (χ0n) is 22.6. The number of nitrogens with zero attached hydrogens (tertiary/aromatic N) is 1. The molecule has 0 rings (SSSR count). The molecule has 0 aromatic heterocycles. The molecule has 1 amide bonds. The molecule has 0 saturated carbocycles. The molecule has 0 aromatic carbocycles. The number of unbranched alkanes of at least 4 members (excludes halogenated alkanes) is 16. The van der Waals surface area contributed by atoms with E-state index in [0.717, 1.165) is 56.7 Å². The normalized spacial score (nSPS) is 12.4. The second-order valence-electron chi connectivity index (χ2n) is 10.1. The van der Waals surface area contributed by atoms with Gasteiger partial charge in [0.05, 0.1) is 0 Å². The molecule has 0 bridgehead atoms. The van der Waals surface area contributed by atoms with Crippen LogP contribution in [0.1, 0.15) is 135 Å². The average molecular weight is 487 g/mol. The molecule has 1 unspecified atom stereocenters. The Kier molecular flexibility index (Phi) is 25.9. The van der Waals surface area contributed by atoms with E-state index >= 15 is 0 Å². The average Bonchev–Trinajstić information content (AvgIpc) is 2.79. The summed E-state index contributed by atoms with van der Waals surface area (Å²) < 4.78 is 12.1. The van der Waals surface area contributed by atoms with E-state index in [1.165, 1.54) is 89.9 Å². The molecular weight excluding hydrogens is 428 g/mol. The highest BCUT2D eigenvalue weighted by molar-refractivity contribution is 7.84. The van der Waals surface area contributed by atoms with Gasteiger partial charge in [0.25, 0.3) is 0 Å². The molecule has 4 nitrogen and oxygen atoms in total. The number of nitrogens with one attached hydrogen (secondary N) is 1. The van der Waals surface area contributed by atoms with Crippen LogP contribution in [0.25, 0.3) is 0 Å². The molecule has 0 fully saturated rings.